The third-order valence-electron chi connectivity index (χ3n) is 5.24. The first kappa shape index (κ1) is 18.6. The lowest BCUT2D eigenvalue weighted by Crippen LogP contribution is -2.39. The third-order valence-corrected chi connectivity index (χ3v) is 5.24. The lowest BCUT2D eigenvalue weighted by atomic mass is 9.92. The van der Waals surface area contributed by atoms with Crippen LogP contribution in [-0.2, 0) is 11.2 Å². The van der Waals surface area contributed by atoms with Crippen molar-refractivity contribution in [3.05, 3.63) is 70.5 Å². The van der Waals surface area contributed by atoms with E-state index >= 15 is 0 Å². The quantitative estimate of drug-likeness (QED) is 0.863. The van der Waals surface area contributed by atoms with E-state index in [1.165, 1.54) is 0 Å². The number of hydrogen-bond acceptors (Lipinski definition) is 2. The zero-order valence-electron chi connectivity index (χ0n) is 15.4. The van der Waals surface area contributed by atoms with Gasteiger partial charge in [0, 0.05) is 18.7 Å². The predicted molar refractivity (Wildman–Crippen MR) is 101 cm³/mol. The minimum atomic E-state index is -0.209. The number of rotatable bonds is 5. The Hall–Kier alpha value is -2.20. The number of halogens is 1. The van der Waals surface area contributed by atoms with Gasteiger partial charge in [0.1, 0.15) is 5.82 Å². The van der Waals surface area contributed by atoms with E-state index in [9.17, 15) is 9.18 Å². The van der Waals surface area contributed by atoms with Gasteiger partial charge in [-0.3, -0.25) is 4.79 Å². The van der Waals surface area contributed by atoms with Gasteiger partial charge in [0.05, 0.1) is 6.10 Å². The lowest BCUT2D eigenvalue weighted by Gasteiger charge is -2.28. The Morgan fingerprint density at radius 3 is 2.58 bits per heavy atom. The molecular weight excluding hydrogens is 329 g/mol. The molecule has 0 spiro atoms. The number of hydrogen-bond donors (Lipinski definition) is 1. The minimum Gasteiger partial charge on any atom is -0.381 e. The second-order valence-electron chi connectivity index (χ2n) is 7.10. The number of amides is 1. The minimum absolute atomic E-state index is 0.0472. The molecule has 0 saturated heterocycles. The van der Waals surface area contributed by atoms with Gasteiger partial charge in [0.2, 0.25) is 0 Å². The first-order valence-corrected chi connectivity index (χ1v) is 9.23. The molecule has 0 bridgehead atoms. The van der Waals surface area contributed by atoms with Gasteiger partial charge >= 0.3 is 0 Å². The molecular formula is C22H26FNO2. The van der Waals surface area contributed by atoms with Gasteiger partial charge in [-0.25, -0.2) is 4.39 Å². The Morgan fingerprint density at radius 1 is 1.15 bits per heavy atom. The monoisotopic (exact) mass is 355 g/mol. The first-order valence-electron chi connectivity index (χ1n) is 9.23. The number of carbonyl (C=O) groups is 1. The number of aryl methyl sites for hydroxylation is 1. The molecule has 1 saturated carbocycles. The van der Waals surface area contributed by atoms with Crippen molar-refractivity contribution >= 4 is 5.91 Å². The summed E-state index contributed by atoms with van der Waals surface area (Å²) >= 11 is 0. The highest BCUT2D eigenvalue weighted by atomic mass is 19.1. The summed E-state index contributed by atoms with van der Waals surface area (Å²) in [5.74, 6) is -0.256. The van der Waals surface area contributed by atoms with Crippen molar-refractivity contribution in [2.75, 3.05) is 7.11 Å². The number of nitrogens with one attached hydrogen (secondary N) is 1. The van der Waals surface area contributed by atoms with Crippen LogP contribution in [0.5, 0.6) is 0 Å². The molecule has 1 fully saturated rings. The molecule has 2 aromatic carbocycles. The second kappa shape index (κ2) is 8.45. The van der Waals surface area contributed by atoms with Crippen LogP contribution in [0.25, 0.3) is 0 Å². The summed E-state index contributed by atoms with van der Waals surface area (Å²) in [7, 11) is 1.74. The highest BCUT2D eigenvalue weighted by Gasteiger charge is 2.23. The van der Waals surface area contributed by atoms with Crippen molar-refractivity contribution in [2.24, 2.45) is 0 Å². The van der Waals surface area contributed by atoms with E-state index in [2.05, 4.69) is 5.32 Å². The van der Waals surface area contributed by atoms with Crippen LogP contribution in [0, 0.1) is 12.7 Å². The van der Waals surface area contributed by atoms with E-state index in [0.717, 1.165) is 36.8 Å². The number of benzene rings is 2. The van der Waals surface area contributed by atoms with Gasteiger partial charge in [-0.05, 0) is 67.9 Å². The van der Waals surface area contributed by atoms with Gasteiger partial charge < -0.3 is 10.1 Å². The smallest absolute Gasteiger partial charge is 0.251 e. The van der Waals surface area contributed by atoms with Crippen LogP contribution in [0.1, 0.15) is 52.7 Å². The summed E-state index contributed by atoms with van der Waals surface area (Å²) in [5, 5.41) is 3.16. The fourth-order valence-corrected chi connectivity index (χ4v) is 3.57. The van der Waals surface area contributed by atoms with E-state index < -0.39 is 0 Å². The first-order chi connectivity index (χ1) is 12.6. The Kier molecular flexibility index (Phi) is 6.04. The zero-order chi connectivity index (χ0) is 18.5. The molecule has 1 amide bonds. The van der Waals surface area contributed by atoms with Crippen molar-refractivity contribution in [2.45, 2.75) is 51.2 Å². The molecule has 4 heteroatoms. The molecule has 26 heavy (non-hydrogen) atoms. The van der Waals surface area contributed by atoms with Crippen LogP contribution < -0.4 is 5.32 Å². The summed E-state index contributed by atoms with van der Waals surface area (Å²) in [4.78, 5) is 12.8. The van der Waals surface area contributed by atoms with Crippen molar-refractivity contribution in [3.63, 3.8) is 0 Å². The zero-order valence-corrected chi connectivity index (χ0v) is 15.4. The van der Waals surface area contributed by atoms with Gasteiger partial charge in [-0.2, -0.15) is 0 Å². The molecule has 1 N–H and O–H groups in total. The fourth-order valence-electron chi connectivity index (χ4n) is 3.57. The summed E-state index contributed by atoms with van der Waals surface area (Å²) in [6.45, 7) is 1.75. The maximum Gasteiger partial charge on any atom is 0.251 e. The van der Waals surface area contributed by atoms with E-state index in [1.54, 1.807) is 26.2 Å². The molecule has 0 aromatic heterocycles. The van der Waals surface area contributed by atoms with Gasteiger partial charge in [-0.15, -0.1) is 0 Å². The van der Waals surface area contributed by atoms with Crippen LogP contribution in [0.2, 0.25) is 0 Å². The highest BCUT2D eigenvalue weighted by molar-refractivity contribution is 5.96. The second-order valence-corrected chi connectivity index (χ2v) is 7.10. The van der Waals surface area contributed by atoms with Crippen LogP contribution >= 0.6 is 0 Å². The fraction of sp³-hybridized carbons (Fsp3) is 0.409. The van der Waals surface area contributed by atoms with E-state index in [1.807, 2.05) is 30.3 Å². The molecule has 3 nitrogen and oxygen atoms in total. The number of carbonyl (C=O) groups excluding carboxylic acids is 1. The van der Waals surface area contributed by atoms with Crippen LogP contribution in [0.15, 0.2) is 42.5 Å². The molecule has 3 rings (SSSR count). The topological polar surface area (TPSA) is 38.3 Å². The molecule has 138 valence electrons. The van der Waals surface area contributed by atoms with Crippen molar-refractivity contribution in [1.82, 2.24) is 5.32 Å². The van der Waals surface area contributed by atoms with Crippen molar-refractivity contribution < 1.29 is 13.9 Å². The predicted octanol–water partition coefficient (Wildman–Crippen LogP) is 4.41. The maximum atomic E-state index is 13.8. The Labute approximate surface area is 154 Å². The number of methoxy groups -OCH3 is 1. The Balaban J connectivity index is 1.70. The van der Waals surface area contributed by atoms with E-state index in [4.69, 9.17) is 4.74 Å². The molecule has 2 aromatic rings. The van der Waals surface area contributed by atoms with Crippen LogP contribution in [0.4, 0.5) is 4.39 Å². The van der Waals surface area contributed by atoms with Gasteiger partial charge in [0.15, 0.2) is 0 Å². The Bertz CT molecular complexity index is 766. The van der Waals surface area contributed by atoms with Gasteiger partial charge in [-0.1, -0.05) is 30.3 Å². The lowest BCUT2D eigenvalue weighted by molar-refractivity contribution is 0.0599. The maximum absolute atomic E-state index is 13.8. The number of ether oxygens (including phenoxy) is 1. The summed E-state index contributed by atoms with van der Waals surface area (Å²) in [6, 6.07) is 13.0. The van der Waals surface area contributed by atoms with E-state index in [-0.39, 0.29) is 17.8 Å². The molecule has 0 aliphatic heterocycles. The van der Waals surface area contributed by atoms with Crippen molar-refractivity contribution in [1.29, 1.82) is 0 Å². The molecule has 0 radical (unpaired) electrons. The third kappa shape index (κ3) is 4.50. The molecule has 0 unspecified atom stereocenters. The van der Waals surface area contributed by atoms with E-state index in [0.29, 0.717) is 23.7 Å². The molecule has 0 heterocycles. The molecule has 0 atom stereocenters. The normalized spacial score (nSPS) is 20.0. The highest BCUT2D eigenvalue weighted by Crippen LogP contribution is 2.22. The van der Waals surface area contributed by atoms with Crippen molar-refractivity contribution in [3.8, 4) is 0 Å². The van der Waals surface area contributed by atoms with Crippen LogP contribution in [-0.4, -0.2) is 25.2 Å². The van der Waals surface area contributed by atoms with Gasteiger partial charge in [0.25, 0.3) is 5.91 Å². The Morgan fingerprint density at radius 2 is 1.88 bits per heavy atom. The summed E-state index contributed by atoms with van der Waals surface area (Å²) < 4.78 is 19.2. The SMILES string of the molecule is COC1CCC(NC(=O)c2ccccc2Cc2ccc(C)c(F)c2)CC1. The summed E-state index contributed by atoms with van der Waals surface area (Å²) in [5.41, 5.74) is 3.08. The average molecular weight is 355 g/mol. The standard InChI is InChI=1S/C22H26FNO2/c1-15-7-8-16(14-21(15)23)13-17-5-3-4-6-20(17)22(25)24-18-9-11-19(26-2)12-10-18/h3-8,14,18-19H,9-13H2,1-2H3,(H,24,25). The summed E-state index contributed by atoms with van der Waals surface area (Å²) in [6.07, 6.45) is 4.69. The molecule has 1 aliphatic rings. The largest absolute Gasteiger partial charge is 0.381 e. The van der Waals surface area contributed by atoms with Crippen LogP contribution in [0.3, 0.4) is 0 Å². The average Bonchev–Trinajstić information content (AvgIpc) is 2.66. The molecule has 1 aliphatic carbocycles.